The molecule has 3 N–H and O–H groups in total. The summed E-state index contributed by atoms with van der Waals surface area (Å²) in [6, 6.07) is 3.92. The number of nitrogens with zero attached hydrogens (tertiary/aromatic N) is 3. The summed E-state index contributed by atoms with van der Waals surface area (Å²) in [5, 5.41) is 3.39. The maximum atomic E-state index is 13.2. The third kappa shape index (κ3) is 2.90. The predicted molar refractivity (Wildman–Crippen MR) is 117 cm³/mol. The van der Waals surface area contributed by atoms with E-state index < -0.39 is 0 Å². The first-order valence-corrected chi connectivity index (χ1v) is 10.5. The number of rotatable bonds is 3. The minimum Gasteiger partial charge on any atom is -0.387 e. The molecule has 30 heavy (non-hydrogen) atoms. The molecule has 0 aliphatic carbocycles. The number of carbonyl (C=O) groups excluding carboxylic acids is 1. The van der Waals surface area contributed by atoms with Gasteiger partial charge in [0, 0.05) is 25.8 Å². The average molecular weight is 427 g/mol. The molecule has 0 unspecified atom stereocenters. The Morgan fingerprint density at radius 3 is 2.73 bits per heavy atom. The molecule has 0 spiro atoms. The van der Waals surface area contributed by atoms with Crippen molar-refractivity contribution >= 4 is 34.2 Å². The van der Waals surface area contributed by atoms with E-state index in [4.69, 9.17) is 11.6 Å². The number of likely N-dealkylation sites (tertiary alicyclic amines) is 1. The molecule has 9 heteroatoms. The highest BCUT2D eigenvalue weighted by Gasteiger charge is 2.36. The fraction of sp³-hybridized carbons (Fsp3) is 0.381. The summed E-state index contributed by atoms with van der Waals surface area (Å²) in [6.45, 7) is 2.53. The zero-order chi connectivity index (χ0) is 21.0. The molecular weight excluding hydrogens is 404 g/mol. The number of fused-ring (bicyclic) bond motifs is 2. The van der Waals surface area contributed by atoms with E-state index in [1.165, 1.54) is 0 Å². The Hall–Kier alpha value is -2.84. The number of hydrogen-bond donors (Lipinski definition) is 3. The normalized spacial score (nSPS) is 17.7. The maximum Gasteiger partial charge on any atom is 0.261 e. The monoisotopic (exact) mass is 426 g/mol. The van der Waals surface area contributed by atoms with Gasteiger partial charge in [0.05, 0.1) is 27.3 Å². The Morgan fingerprint density at radius 2 is 2.00 bits per heavy atom. The first-order valence-electron chi connectivity index (χ1n) is 10.1. The van der Waals surface area contributed by atoms with Gasteiger partial charge in [-0.2, -0.15) is 0 Å². The molecule has 1 fully saturated rings. The van der Waals surface area contributed by atoms with E-state index in [1.807, 2.05) is 11.0 Å². The smallest absolute Gasteiger partial charge is 0.261 e. The van der Waals surface area contributed by atoms with Crippen LogP contribution in [0, 0.1) is 0 Å². The number of anilines is 1. The van der Waals surface area contributed by atoms with Crippen LogP contribution in [0.3, 0.4) is 0 Å². The molecule has 0 bridgehead atoms. The van der Waals surface area contributed by atoms with Gasteiger partial charge in [0.2, 0.25) is 0 Å². The van der Waals surface area contributed by atoms with Crippen LogP contribution in [0.1, 0.15) is 28.8 Å². The molecule has 1 saturated heterocycles. The summed E-state index contributed by atoms with van der Waals surface area (Å²) in [6.07, 6.45) is 3.52. The number of nitrogens with one attached hydrogen (secondary N) is 3. The lowest BCUT2D eigenvalue weighted by Crippen LogP contribution is -2.43. The molecule has 4 heterocycles. The number of H-pyrrole nitrogens is 2. The lowest BCUT2D eigenvalue weighted by molar-refractivity contribution is 0.0617. The van der Waals surface area contributed by atoms with Crippen molar-refractivity contribution in [2.45, 2.75) is 25.4 Å². The van der Waals surface area contributed by atoms with Crippen LogP contribution >= 0.6 is 11.6 Å². The van der Waals surface area contributed by atoms with Gasteiger partial charge in [0.15, 0.2) is 0 Å². The Balaban J connectivity index is 1.56. The van der Waals surface area contributed by atoms with Crippen LogP contribution in [0.5, 0.6) is 0 Å². The van der Waals surface area contributed by atoms with Gasteiger partial charge in [-0.3, -0.25) is 9.59 Å². The number of pyridine rings is 1. The van der Waals surface area contributed by atoms with Gasteiger partial charge in [0.25, 0.3) is 11.5 Å². The van der Waals surface area contributed by atoms with Gasteiger partial charge in [-0.15, -0.1) is 0 Å². The summed E-state index contributed by atoms with van der Waals surface area (Å²) in [7, 11) is 3.86. The van der Waals surface area contributed by atoms with Gasteiger partial charge in [0.1, 0.15) is 11.4 Å². The first kappa shape index (κ1) is 19.1. The van der Waals surface area contributed by atoms with Crippen molar-refractivity contribution in [2.24, 2.45) is 0 Å². The van der Waals surface area contributed by atoms with E-state index in [-0.39, 0.29) is 17.5 Å². The topological polar surface area (TPSA) is 97.1 Å². The highest BCUT2D eigenvalue weighted by molar-refractivity contribution is 6.38. The van der Waals surface area contributed by atoms with E-state index in [0.717, 1.165) is 31.5 Å². The number of imidazole rings is 1. The lowest BCUT2D eigenvalue weighted by atomic mass is 10.0. The van der Waals surface area contributed by atoms with Crippen molar-refractivity contribution in [2.75, 3.05) is 32.5 Å². The Kier molecular flexibility index (Phi) is 4.56. The Morgan fingerprint density at radius 1 is 1.23 bits per heavy atom. The van der Waals surface area contributed by atoms with Crippen molar-refractivity contribution in [1.82, 2.24) is 24.8 Å². The van der Waals surface area contributed by atoms with Crippen molar-refractivity contribution in [3.05, 3.63) is 44.8 Å². The third-order valence-corrected chi connectivity index (χ3v) is 6.59. The molecule has 1 aromatic carbocycles. The molecule has 0 saturated carbocycles. The van der Waals surface area contributed by atoms with Crippen molar-refractivity contribution < 1.29 is 4.79 Å². The predicted octanol–water partition coefficient (Wildman–Crippen LogP) is 2.66. The van der Waals surface area contributed by atoms with Gasteiger partial charge in [-0.25, -0.2) is 4.98 Å². The largest absolute Gasteiger partial charge is 0.387 e. The summed E-state index contributed by atoms with van der Waals surface area (Å²) in [5.74, 6) is 0.400. The highest BCUT2D eigenvalue weighted by Crippen LogP contribution is 2.38. The molecule has 5 rings (SSSR count). The van der Waals surface area contributed by atoms with Gasteiger partial charge in [-0.05, 0) is 50.7 Å². The number of aromatic nitrogens is 3. The molecule has 3 aromatic rings. The molecule has 8 nitrogen and oxygen atoms in total. The first-order chi connectivity index (χ1) is 14.5. The van der Waals surface area contributed by atoms with Gasteiger partial charge >= 0.3 is 0 Å². The van der Waals surface area contributed by atoms with Crippen molar-refractivity contribution in [1.29, 1.82) is 0 Å². The minimum atomic E-state index is -0.255. The number of piperidine rings is 1. The lowest BCUT2D eigenvalue weighted by Gasteiger charge is -2.34. The molecular formula is C21H23ClN6O2. The van der Waals surface area contributed by atoms with E-state index in [1.54, 1.807) is 19.3 Å². The Bertz CT molecular complexity index is 1210. The number of hydrogen-bond acceptors (Lipinski definition) is 5. The van der Waals surface area contributed by atoms with Crippen LogP contribution in [0.4, 0.5) is 5.69 Å². The van der Waals surface area contributed by atoms with Crippen LogP contribution < -0.4 is 10.9 Å². The van der Waals surface area contributed by atoms with Crippen molar-refractivity contribution in [3.63, 3.8) is 0 Å². The fourth-order valence-corrected chi connectivity index (χ4v) is 4.90. The molecule has 156 valence electrons. The summed E-state index contributed by atoms with van der Waals surface area (Å²) in [4.78, 5) is 40.3. The number of carbonyl (C=O) groups is 1. The molecule has 0 radical (unpaired) electrons. The fourth-order valence-electron chi connectivity index (χ4n) is 4.56. The molecule has 2 aliphatic heterocycles. The van der Waals surface area contributed by atoms with E-state index in [0.29, 0.717) is 45.2 Å². The number of amides is 1. The third-order valence-electron chi connectivity index (χ3n) is 6.21. The van der Waals surface area contributed by atoms with Gasteiger partial charge in [-0.1, -0.05) is 11.6 Å². The quantitative estimate of drug-likeness (QED) is 0.598. The summed E-state index contributed by atoms with van der Waals surface area (Å²) < 4.78 is 0. The standard InChI is InChI=1S/C21H23ClN6O2/c1-23-13-3-6-24-20(29)16(13)19-25-14-9-11-10-28(12-4-7-27(2)8-5-12)21(30)15(11)17(22)18(14)26-19/h3,6,9,12H,4-5,7-8,10H2,1-2H3,(H,25,26)(H2,23,24,29). The summed E-state index contributed by atoms with van der Waals surface area (Å²) >= 11 is 6.69. The summed E-state index contributed by atoms with van der Waals surface area (Å²) in [5.41, 5.74) is 3.48. The maximum absolute atomic E-state index is 13.2. The van der Waals surface area contributed by atoms with Crippen LogP contribution in [0.2, 0.25) is 5.02 Å². The zero-order valence-corrected chi connectivity index (χ0v) is 17.6. The van der Waals surface area contributed by atoms with Gasteiger partial charge < -0.3 is 25.1 Å². The van der Waals surface area contributed by atoms with E-state index in [9.17, 15) is 9.59 Å². The second-order valence-electron chi connectivity index (χ2n) is 8.02. The Labute approximate surface area is 178 Å². The van der Waals surface area contributed by atoms with Crippen LogP contribution in [-0.2, 0) is 6.54 Å². The second-order valence-corrected chi connectivity index (χ2v) is 8.40. The van der Waals surface area contributed by atoms with E-state index >= 15 is 0 Å². The highest BCUT2D eigenvalue weighted by atomic mass is 35.5. The van der Waals surface area contributed by atoms with E-state index in [2.05, 4.69) is 32.2 Å². The van der Waals surface area contributed by atoms with Crippen LogP contribution in [0.15, 0.2) is 23.1 Å². The van der Waals surface area contributed by atoms with Crippen LogP contribution in [-0.4, -0.2) is 63.9 Å². The molecule has 0 atom stereocenters. The zero-order valence-electron chi connectivity index (χ0n) is 16.9. The molecule has 2 aliphatic rings. The number of benzene rings is 1. The molecule has 1 amide bonds. The molecule has 2 aromatic heterocycles. The van der Waals surface area contributed by atoms with Crippen molar-refractivity contribution in [3.8, 4) is 11.4 Å². The second kappa shape index (κ2) is 7.14. The van der Waals surface area contributed by atoms with Crippen LogP contribution in [0.25, 0.3) is 22.4 Å². The SMILES string of the molecule is CNc1cc[nH]c(=O)c1-c1nc2cc3c(c(Cl)c2[nH]1)C(=O)N(C1CCN(C)CC1)C3. The average Bonchev–Trinajstić information content (AvgIpc) is 3.30. The minimum absolute atomic E-state index is 0.0175. The number of halogens is 1. The number of aromatic amines is 2.